The minimum atomic E-state index is -5.88. The second-order valence-electron chi connectivity index (χ2n) is 6.33. The summed E-state index contributed by atoms with van der Waals surface area (Å²) in [6.07, 6.45) is -4.41. The molecule has 1 fully saturated rings. The third-order valence-corrected chi connectivity index (χ3v) is 8.12. The van der Waals surface area contributed by atoms with E-state index in [-0.39, 0.29) is 0 Å². The van der Waals surface area contributed by atoms with Crippen LogP contribution < -0.4 is 11.1 Å². The predicted octanol–water partition coefficient (Wildman–Crippen LogP) is -0.517. The molecule has 0 aliphatic carbocycles. The number of aliphatic hydroxyl groups is 1. The summed E-state index contributed by atoms with van der Waals surface area (Å²) in [5.74, 6) is -5.24. The first-order valence-corrected chi connectivity index (χ1v) is 13.0. The van der Waals surface area contributed by atoms with Crippen LogP contribution >= 0.6 is 35.1 Å². The van der Waals surface area contributed by atoms with E-state index in [1.165, 1.54) is 0 Å². The third kappa shape index (κ3) is 6.31. The quantitative estimate of drug-likeness (QED) is 0.140. The minimum Gasteiger partial charge on any atom is -0.383 e. The number of nitrogens with zero attached hydrogens (tertiary/aromatic N) is 1. The Morgan fingerprint density at radius 2 is 1.81 bits per heavy atom. The number of aliphatic hydroxyl groups excluding tert-OH is 1. The van der Waals surface area contributed by atoms with Crippen LogP contribution in [0, 0.1) is 0 Å². The van der Waals surface area contributed by atoms with Crippen molar-refractivity contribution >= 4 is 41.1 Å². The molecule has 0 saturated carbocycles. The van der Waals surface area contributed by atoms with Crippen LogP contribution in [0.2, 0.25) is 0 Å². The first-order valence-electron chi connectivity index (χ1n) is 7.95. The molecule has 0 aromatic heterocycles. The fourth-order valence-corrected chi connectivity index (χ4v) is 5.91. The number of phosphoric acid groups is 3. The van der Waals surface area contributed by atoms with Crippen molar-refractivity contribution in [2.24, 2.45) is 5.73 Å². The molecule has 2 amide bonds. The summed E-state index contributed by atoms with van der Waals surface area (Å²) in [5, 5.41) is 12.2. The van der Waals surface area contributed by atoms with Crippen LogP contribution in [0.15, 0.2) is 12.3 Å². The second-order valence-corrected chi connectivity index (χ2v) is 11.0. The molecule has 2 heterocycles. The Morgan fingerprint density at radius 1 is 1.22 bits per heavy atom. The lowest BCUT2D eigenvalue weighted by molar-refractivity contribution is -0.148. The van der Waals surface area contributed by atoms with Gasteiger partial charge < -0.3 is 40.5 Å². The molecule has 0 bridgehead atoms. The Hall–Kier alpha value is -0.550. The van der Waals surface area contributed by atoms with E-state index in [4.69, 9.17) is 36.8 Å². The maximum atomic E-state index is 14.7. The summed E-state index contributed by atoms with van der Waals surface area (Å²) >= 11 is 5.60. The van der Waals surface area contributed by atoms with Crippen LogP contribution in [0.5, 0.6) is 0 Å². The van der Waals surface area contributed by atoms with Crippen molar-refractivity contribution < 1.29 is 69.8 Å². The summed E-state index contributed by atoms with van der Waals surface area (Å²) < 4.78 is 79.4. The van der Waals surface area contributed by atoms with E-state index in [1.54, 1.807) is 0 Å². The highest BCUT2D eigenvalue weighted by atomic mass is 35.5. The Morgan fingerprint density at radius 3 is 2.31 bits per heavy atom. The monoisotopic (exact) mass is 553 g/mol. The molecule has 0 aromatic carbocycles. The van der Waals surface area contributed by atoms with E-state index >= 15 is 0 Å². The number of ether oxygens (including phenoxy) is 1. The van der Waals surface area contributed by atoms with Crippen molar-refractivity contribution in [3.05, 3.63) is 12.3 Å². The van der Waals surface area contributed by atoms with E-state index in [9.17, 15) is 37.3 Å². The number of halogens is 3. The number of urea groups is 1. The highest BCUT2D eigenvalue weighted by molar-refractivity contribution is 7.66. The van der Waals surface area contributed by atoms with Gasteiger partial charge in [0.1, 0.15) is 5.60 Å². The highest BCUT2D eigenvalue weighted by Crippen LogP contribution is 2.66. The van der Waals surface area contributed by atoms with Gasteiger partial charge in [0.25, 0.3) is 0 Å². The molecule has 1 saturated heterocycles. The largest absolute Gasteiger partial charge is 0.490 e. The van der Waals surface area contributed by atoms with Gasteiger partial charge in [-0.15, -0.1) is 11.6 Å². The fraction of sp³-hybridized carbons (Fsp3) is 0.700. The molecule has 3 unspecified atom stereocenters. The van der Waals surface area contributed by atoms with Crippen LogP contribution in [-0.2, 0) is 31.6 Å². The fourth-order valence-electron chi connectivity index (χ4n) is 2.55. The first kappa shape index (κ1) is 27.7. The molecule has 16 nitrogen and oxygen atoms in total. The van der Waals surface area contributed by atoms with Gasteiger partial charge in [0.2, 0.25) is 6.23 Å². The average Bonchev–Trinajstić information content (AvgIpc) is 2.78. The number of carbonyl (C=O) groups excluding carboxylic acids is 1. The number of phosphoric ester groups is 1. The van der Waals surface area contributed by atoms with Crippen LogP contribution in [0.3, 0.4) is 0 Å². The molecular weight excluding hydrogens is 536 g/mol. The smallest absolute Gasteiger partial charge is 0.383 e. The molecule has 2 aliphatic rings. The van der Waals surface area contributed by atoms with Crippen molar-refractivity contribution in [3.8, 4) is 0 Å². The number of nitrogens with one attached hydrogen (secondary N) is 1. The lowest BCUT2D eigenvalue weighted by Gasteiger charge is -2.33. The van der Waals surface area contributed by atoms with Gasteiger partial charge in [-0.25, -0.2) is 18.5 Å². The Kier molecular flexibility index (Phi) is 8.00. The van der Waals surface area contributed by atoms with Gasteiger partial charge in [-0.1, -0.05) is 0 Å². The zero-order chi connectivity index (χ0) is 24.8. The molecule has 8 N–H and O–H groups in total. The number of amides is 2. The third-order valence-electron chi connectivity index (χ3n) is 3.88. The first-order chi connectivity index (χ1) is 14.3. The predicted molar refractivity (Wildman–Crippen MR) is 96.6 cm³/mol. The summed E-state index contributed by atoms with van der Waals surface area (Å²) in [6, 6.07) is -1.14. The van der Waals surface area contributed by atoms with Crippen molar-refractivity contribution in [3.63, 3.8) is 0 Å². The molecule has 22 heteroatoms. The number of carbonyl (C=O) groups is 1. The van der Waals surface area contributed by atoms with Gasteiger partial charge in [0.15, 0.2) is 6.10 Å². The van der Waals surface area contributed by atoms with Crippen molar-refractivity contribution in [2.45, 2.75) is 30.0 Å². The van der Waals surface area contributed by atoms with E-state index in [2.05, 4.69) is 18.5 Å². The van der Waals surface area contributed by atoms with E-state index < -0.39 is 72.0 Å². The number of rotatable bonds is 9. The van der Waals surface area contributed by atoms with Crippen molar-refractivity contribution in [1.82, 2.24) is 10.2 Å². The van der Waals surface area contributed by atoms with Crippen LogP contribution in [0.1, 0.15) is 0 Å². The Balaban J connectivity index is 2.21. The molecule has 6 atom stereocenters. The van der Waals surface area contributed by atoms with Crippen LogP contribution in [0.25, 0.3) is 0 Å². The maximum Gasteiger partial charge on any atom is 0.490 e. The molecule has 186 valence electrons. The normalized spacial score (nSPS) is 34.1. The van der Waals surface area contributed by atoms with Crippen LogP contribution in [0.4, 0.5) is 13.6 Å². The topological polar surface area (TPSA) is 248 Å². The molecule has 2 rings (SSSR count). The Bertz CT molecular complexity index is 920. The summed E-state index contributed by atoms with van der Waals surface area (Å²) in [5.41, 5.74) is 2.73. The zero-order valence-electron chi connectivity index (χ0n) is 15.3. The van der Waals surface area contributed by atoms with Gasteiger partial charge in [0, 0.05) is 6.20 Å². The van der Waals surface area contributed by atoms with Gasteiger partial charge in [-0.2, -0.15) is 17.4 Å². The number of alkyl halides is 3. The number of hydrogen-bond acceptors (Lipinski definition) is 10. The molecule has 0 spiro atoms. The zero-order valence-corrected chi connectivity index (χ0v) is 18.7. The lowest BCUT2D eigenvalue weighted by Crippen LogP contribution is -2.57. The SMILES string of the molecule is NC1C=CN([C@@H]2O[C@](CCl)(COP(=O)(O)OP(=O)(O)OP(=O)(O)O)[C@@H](O)C2(F)F)C(=O)N1. The van der Waals surface area contributed by atoms with Crippen molar-refractivity contribution in [1.29, 1.82) is 0 Å². The summed E-state index contributed by atoms with van der Waals surface area (Å²) in [7, 11) is -17.3. The molecule has 2 aliphatic heterocycles. The van der Waals surface area contributed by atoms with E-state index in [0.29, 0.717) is 4.90 Å². The van der Waals surface area contributed by atoms with Gasteiger partial charge >= 0.3 is 35.4 Å². The summed E-state index contributed by atoms with van der Waals surface area (Å²) in [6.45, 7) is -1.48. The molecule has 32 heavy (non-hydrogen) atoms. The van der Waals surface area contributed by atoms with E-state index in [1.807, 2.05) is 0 Å². The maximum absolute atomic E-state index is 14.7. The average molecular weight is 554 g/mol. The molecule has 0 radical (unpaired) electrons. The van der Waals surface area contributed by atoms with Gasteiger partial charge in [-0.05, 0) is 6.08 Å². The van der Waals surface area contributed by atoms with Crippen LogP contribution in [-0.4, -0.2) is 78.1 Å². The van der Waals surface area contributed by atoms with Crippen molar-refractivity contribution in [2.75, 3.05) is 12.5 Å². The van der Waals surface area contributed by atoms with Gasteiger partial charge in [0.05, 0.1) is 18.7 Å². The second kappa shape index (κ2) is 9.24. The Labute approximate surface area is 182 Å². The number of nitrogens with two attached hydrogens (primary N) is 1. The van der Waals surface area contributed by atoms with E-state index in [0.717, 1.165) is 12.3 Å². The molecular formula is C10H17ClF2N3O13P3. The summed E-state index contributed by atoms with van der Waals surface area (Å²) in [4.78, 5) is 47.8. The minimum absolute atomic E-state index is 0.325. The lowest BCUT2D eigenvalue weighted by atomic mass is 9.97. The highest BCUT2D eigenvalue weighted by Gasteiger charge is 2.68. The molecule has 0 aromatic rings. The number of hydrogen-bond donors (Lipinski definition) is 7. The standard InChI is InChI=1S/C10H17ClF2N3O13P3/c11-3-9(4-26-31(22,23)29-32(24,25)28-30(19,20)21)6(17)10(12,13)7(27-9)16-2-1-5(14)15-8(16)18/h1-2,5-7,17H,3-4,14H2,(H,15,18)(H,22,23)(H,24,25)(H2,19,20,21)/t5?,6-,7-,9-/m1/s1. The van der Waals surface area contributed by atoms with Gasteiger partial charge in [-0.3, -0.25) is 9.42 Å².